The van der Waals surface area contributed by atoms with Crippen molar-refractivity contribution in [3.8, 4) is 22.4 Å². The summed E-state index contributed by atoms with van der Waals surface area (Å²) in [5.74, 6) is 0.191. The standard InChI is InChI=1S/C12H9FN2OS/c1-7-10(6-14)15-12(17-7)9-5-8(13)3-4-11(9)16-2/h3-5H,1-2H3. The average Bonchev–Trinajstić information content (AvgIpc) is 2.70. The summed E-state index contributed by atoms with van der Waals surface area (Å²) in [5.41, 5.74) is 0.943. The highest BCUT2D eigenvalue weighted by Crippen LogP contribution is 2.34. The summed E-state index contributed by atoms with van der Waals surface area (Å²) in [7, 11) is 1.52. The van der Waals surface area contributed by atoms with Crippen LogP contribution < -0.4 is 4.74 Å². The molecule has 17 heavy (non-hydrogen) atoms. The second-order valence-corrected chi connectivity index (χ2v) is 4.58. The molecular weight excluding hydrogens is 239 g/mol. The van der Waals surface area contributed by atoms with Crippen LogP contribution in [-0.2, 0) is 0 Å². The van der Waals surface area contributed by atoms with Crippen LogP contribution in [-0.4, -0.2) is 12.1 Å². The topological polar surface area (TPSA) is 45.9 Å². The second-order valence-electron chi connectivity index (χ2n) is 3.38. The second kappa shape index (κ2) is 4.52. The van der Waals surface area contributed by atoms with E-state index < -0.39 is 0 Å². The molecule has 0 unspecified atom stereocenters. The Balaban J connectivity index is 2.59. The molecule has 3 nitrogen and oxygen atoms in total. The lowest BCUT2D eigenvalue weighted by molar-refractivity contribution is 0.415. The van der Waals surface area contributed by atoms with Gasteiger partial charge in [-0.3, -0.25) is 0 Å². The zero-order valence-electron chi connectivity index (χ0n) is 9.32. The zero-order valence-corrected chi connectivity index (χ0v) is 10.1. The lowest BCUT2D eigenvalue weighted by Gasteiger charge is -2.05. The highest BCUT2D eigenvalue weighted by Gasteiger charge is 2.13. The maximum Gasteiger partial charge on any atom is 0.155 e. The number of hydrogen-bond acceptors (Lipinski definition) is 4. The smallest absolute Gasteiger partial charge is 0.155 e. The molecule has 5 heteroatoms. The maximum atomic E-state index is 13.2. The minimum atomic E-state index is -0.354. The van der Waals surface area contributed by atoms with Gasteiger partial charge in [0, 0.05) is 4.88 Å². The fourth-order valence-electron chi connectivity index (χ4n) is 1.46. The third-order valence-corrected chi connectivity index (χ3v) is 3.30. The van der Waals surface area contributed by atoms with E-state index in [-0.39, 0.29) is 5.82 Å². The van der Waals surface area contributed by atoms with Gasteiger partial charge in [-0.15, -0.1) is 11.3 Å². The predicted molar refractivity (Wildman–Crippen MR) is 63.5 cm³/mol. The van der Waals surface area contributed by atoms with Gasteiger partial charge in [0.2, 0.25) is 0 Å². The molecular formula is C12H9FN2OS. The first-order chi connectivity index (χ1) is 8.15. The molecule has 86 valence electrons. The highest BCUT2D eigenvalue weighted by molar-refractivity contribution is 7.15. The van der Waals surface area contributed by atoms with E-state index in [9.17, 15) is 4.39 Å². The first-order valence-corrected chi connectivity index (χ1v) is 5.68. The summed E-state index contributed by atoms with van der Waals surface area (Å²) in [5, 5.41) is 9.44. The third kappa shape index (κ3) is 2.12. The van der Waals surface area contributed by atoms with Crippen LogP contribution in [0.1, 0.15) is 10.6 Å². The Hall–Kier alpha value is -1.93. The molecule has 0 amide bonds. The molecule has 0 bridgehead atoms. The summed E-state index contributed by atoms with van der Waals surface area (Å²) in [6.45, 7) is 1.81. The van der Waals surface area contributed by atoms with Crippen LogP contribution in [0, 0.1) is 24.1 Å². The van der Waals surface area contributed by atoms with Gasteiger partial charge in [-0.25, -0.2) is 9.37 Å². The van der Waals surface area contributed by atoms with Gasteiger partial charge in [0.15, 0.2) is 5.69 Å². The summed E-state index contributed by atoms with van der Waals surface area (Å²) in [4.78, 5) is 4.97. The summed E-state index contributed by atoms with van der Waals surface area (Å²) >= 11 is 1.35. The van der Waals surface area contributed by atoms with E-state index in [4.69, 9.17) is 10.00 Å². The minimum Gasteiger partial charge on any atom is -0.496 e. The van der Waals surface area contributed by atoms with Gasteiger partial charge in [0.25, 0.3) is 0 Å². The molecule has 2 aromatic rings. The number of benzene rings is 1. The van der Waals surface area contributed by atoms with Crippen molar-refractivity contribution in [3.05, 3.63) is 34.6 Å². The van der Waals surface area contributed by atoms with Gasteiger partial charge in [-0.05, 0) is 25.1 Å². The van der Waals surface area contributed by atoms with Crippen molar-refractivity contribution >= 4 is 11.3 Å². The molecule has 0 N–H and O–H groups in total. The number of aryl methyl sites for hydroxylation is 1. The molecule has 0 aliphatic heterocycles. The molecule has 0 atom stereocenters. The average molecular weight is 248 g/mol. The number of ether oxygens (including phenoxy) is 1. The molecule has 0 aliphatic rings. The van der Waals surface area contributed by atoms with Gasteiger partial charge in [0.05, 0.1) is 12.7 Å². The molecule has 2 rings (SSSR count). The van der Waals surface area contributed by atoms with Crippen LogP contribution in [0.5, 0.6) is 5.75 Å². The number of methoxy groups -OCH3 is 1. The van der Waals surface area contributed by atoms with Gasteiger partial charge in [-0.2, -0.15) is 5.26 Å². The van der Waals surface area contributed by atoms with Crippen molar-refractivity contribution in [1.82, 2.24) is 4.98 Å². The Bertz CT molecular complexity index is 601. The Labute approximate surface area is 102 Å². The normalized spacial score (nSPS) is 10.0. The molecule has 0 aliphatic carbocycles. The Kier molecular flexibility index (Phi) is 3.07. The molecule has 0 radical (unpaired) electrons. The first kappa shape index (κ1) is 11.6. The molecule has 1 heterocycles. The summed E-state index contributed by atoms with van der Waals surface area (Å²) in [6.07, 6.45) is 0. The number of aromatic nitrogens is 1. The zero-order chi connectivity index (χ0) is 12.4. The fraction of sp³-hybridized carbons (Fsp3) is 0.167. The van der Waals surface area contributed by atoms with Crippen molar-refractivity contribution in [1.29, 1.82) is 5.26 Å². The van der Waals surface area contributed by atoms with Gasteiger partial charge in [0.1, 0.15) is 22.6 Å². The Morgan fingerprint density at radius 1 is 1.47 bits per heavy atom. The van der Waals surface area contributed by atoms with Crippen LogP contribution in [0.3, 0.4) is 0 Å². The van der Waals surface area contributed by atoms with Gasteiger partial charge in [-0.1, -0.05) is 0 Å². The summed E-state index contributed by atoms with van der Waals surface area (Å²) in [6, 6.07) is 6.24. The summed E-state index contributed by atoms with van der Waals surface area (Å²) < 4.78 is 18.4. The Morgan fingerprint density at radius 3 is 2.82 bits per heavy atom. The van der Waals surface area contributed by atoms with E-state index in [0.717, 1.165) is 4.88 Å². The monoisotopic (exact) mass is 248 g/mol. The van der Waals surface area contributed by atoms with E-state index in [0.29, 0.717) is 22.0 Å². The molecule has 1 aromatic carbocycles. The lowest BCUT2D eigenvalue weighted by atomic mass is 10.2. The van der Waals surface area contributed by atoms with Crippen molar-refractivity contribution in [3.63, 3.8) is 0 Å². The predicted octanol–water partition coefficient (Wildman–Crippen LogP) is 3.14. The van der Waals surface area contributed by atoms with Crippen LogP contribution in [0.2, 0.25) is 0 Å². The van der Waals surface area contributed by atoms with Crippen molar-refractivity contribution < 1.29 is 9.13 Å². The number of thiazole rings is 1. The van der Waals surface area contributed by atoms with Crippen LogP contribution in [0.15, 0.2) is 18.2 Å². The third-order valence-electron chi connectivity index (χ3n) is 2.29. The van der Waals surface area contributed by atoms with Gasteiger partial charge >= 0.3 is 0 Å². The molecule has 0 fully saturated rings. The van der Waals surface area contributed by atoms with Crippen molar-refractivity contribution in [2.24, 2.45) is 0 Å². The minimum absolute atomic E-state index is 0.354. The largest absolute Gasteiger partial charge is 0.496 e. The quantitative estimate of drug-likeness (QED) is 0.820. The van der Waals surface area contributed by atoms with Crippen molar-refractivity contribution in [2.45, 2.75) is 6.92 Å². The van der Waals surface area contributed by atoms with E-state index >= 15 is 0 Å². The van der Waals surface area contributed by atoms with E-state index in [1.54, 1.807) is 6.07 Å². The number of hydrogen-bond donors (Lipinski definition) is 0. The van der Waals surface area contributed by atoms with Crippen molar-refractivity contribution in [2.75, 3.05) is 7.11 Å². The number of nitrogens with zero attached hydrogens (tertiary/aromatic N) is 2. The molecule has 0 saturated heterocycles. The lowest BCUT2D eigenvalue weighted by Crippen LogP contribution is -1.89. The Morgan fingerprint density at radius 2 is 2.24 bits per heavy atom. The van der Waals surface area contributed by atoms with E-state index in [2.05, 4.69) is 4.98 Å². The first-order valence-electron chi connectivity index (χ1n) is 4.87. The number of rotatable bonds is 2. The fourth-order valence-corrected chi connectivity index (χ4v) is 2.35. The molecule has 0 saturated carbocycles. The molecule has 0 spiro atoms. The van der Waals surface area contributed by atoms with E-state index in [1.807, 2.05) is 13.0 Å². The van der Waals surface area contributed by atoms with E-state index in [1.165, 1.54) is 30.6 Å². The van der Waals surface area contributed by atoms with Crippen LogP contribution >= 0.6 is 11.3 Å². The van der Waals surface area contributed by atoms with Gasteiger partial charge < -0.3 is 4.74 Å². The van der Waals surface area contributed by atoms with Crippen LogP contribution in [0.4, 0.5) is 4.39 Å². The highest BCUT2D eigenvalue weighted by atomic mass is 32.1. The number of nitriles is 1. The number of halogens is 1. The maximum absolute atomic E-state index is 13.2. The SMILES string of the molecule is COc1ccc(F)cc1-c1nc(C#N)c(C)s1. The molecule has 1 aromatic heterocycles. The van der Waals surface area contributed by atoms with Crippen LogP contribution in [0.25, 0.3) is 10.6 Å².